The Morgan fingerprint density at radius 1 is 1.26 bits per heavy atom. The van der Waals surface area contributed by atoms with Crippen LogP contribution in [-0.4, -0.2) is 58.9 Å². The van der Waals surface area contributed by atoms with Gasteiger partial charge in [0.2, 0.25) is 5.91 Å². The number of carbonyl (C=O) groups excluding carboxylic acids is 1. The number of piperidine rings is 1. The summed E-state index contributed by atoms with van der Waals surface area (Å²) in [6, 6.07) is 8.77. The maximum atomic E-state index is 12.3. The second-order valence-corrected chi connectivity index (χ2v) is 11.5. The van der Waals surface area contributed by atoms with Gasteiger partial charge >= 0.3 is 0 Å². The maximum Gasteiger partial charge on any atom is 0.219 e. The van der Waals surface area contributed by atoms with Gasteiger partial charge in [0.1, 0.15) is 0 Å². The molecule has 1 aliphatic heterocycles. The molecular formula is C21H34N2O3S. The van der Waals surface area contributed by atoms with Crippen molar-refractivity contribution in [1.29, 1.82) is 0 Å². The zero-order valence-corrected chi connectivity index (χ0v) is 17.9. The largest absolute Gasteiger partial charge is 0.376 e. The average Bonchev–Trinajstić information content (AvgIpc) is 2.54. The normalized spacial score (nSPS) is 29.3. The van der Waals surface area contributed by atoms with Crippen molar-refractivity contribution in [2.24, 2.45) is 0 Å². The topological polar surface area (TPSA) is 58.6 Å². The van der Waals surface area contributed by atoms with E-state index in [1.165, 1.54) is 11.1 Å². The molecule has 2 fully saturated rings. The molecule has 2 aliphatic rings. The van der Waals surface area contributed by atoms with E-state index in [-0.39, 0.29) is 24.1 Å². The van der Waals surface area contributed by atoms with Crippen LogP contribution in [0, 0.1) is 6.92 Å². The predicted octanol–water partition coefficient (Wildman–Crippen LogP) is 2.42. The highest BCUT2D eigenvalue weighted by Crippen LogP contribution is 2.39. The lowest BCUT2D eigenvalue weighted by molar-refractivity contribution is -0.136. The molecule has 27 heavy (non-hydrogen) atoms. The minimum absolute atomic E-state index is 0.0384. The fraction of sp³-hybridized carbons (Fsp3) is 0.667. The summed E-state index contributed by atoms with van der Waals surface area (Å²) in [5.74, 6) is 0.648. The molecule has 1 amide bonds. The molecular weight excluding hydrogens is 360 g/mol. The maximum absolute atomic E-state index is 12.3. The molecule has 3 rings (SSSR count). The van der Waals surface area contributed by atoms with Gasteiger partial charge in [0, 0.05) is 32.0 Å². The van der Waals surface area contributed by atoms with Crippen LogP contribution in [0.2, 0.25) is 0 Å². The third kappa shape index (κ3) is 5.39. The quantitative estimate of drug-likeness (QED) is 0.729. The van der Waals surface area contributed by atoms with Crippen LogP contribution in [0.3, 0.4) is 0 Å². The van der Waals surface area contributed by atoms with Gasteiger partial charge in [-0.15, -0.1) is 0 Å². The van der Waals surface area contributed by atoms with Crippen molar-refractivity contribution in [2.75, 3.05) is 25.7 Å². The van der Waals surface area contributed by atoms with Crippen LogP contribution in [0.15, 0.2) is 24.3 Å². The second-order valence-electron chi connectivity index (χ2n) is 8.54. The highest BCUT2D eigenvalue weighted by atomic mass is 32.3. The number of rotatable bonds is 6. The van der Waals surface area contributed by atoms with E-state index in [0.29, 0.717) is 12.5 Å². The molecule has 0 unspecified atom stereocenters. The smallest absolute Gasteiger partial charge is 0.219 e. The number of hydrogen-bond acceptors (Lipinski definition) is 3. The van der Waals surface area contributed by atoms with E-state index in [4.69, 9.17) is 4.74 Å². The second kappa shape index (κ2) is 8.41. The number of nitrogens with one attached hydrogen (secondary N) is 1. The molecule has 1 aromatic rings. The monoisotopic (exact) mass is 394 g/mol. The summed E-state index contributed by atoms with van der Waals surface area (Å²) < 4.78 is 21.7. The first-order valence-corrected chi connectivity index (χ1v) is 12.6. The number of carbonyl (C=O) groups is 1. The van der Waals surface area contributed by atoms with Crippen LogP contribution in [-0.2, 0) is 19.7 Å². The number of hydrogen-bond donors (Lipinski definition) is 2. The van der Waals surface area contributed by atoms with Crippen LogP contribution >= 0.6 is 0 Å². The third-order valence-electron chi connectivity index (χ3n) is 5.81. The molecule has 0 spiro atoms. The van der Waals surface area contributed by atoms with E-state index in [2.05, 4.69) is 35.9 Å². The molecule has 2 atom stereocenters. The Morgan fingerprint density at radius 3 is 2.52 bits per heavy atom. The first-order valence-electron chi connectivity index (χ1n) is 10.0. The van der Waals surface area contributed by atoms with Crippen molar-refractivity contribution in [3.8, 4) is 0 Å². The summed E-state index contributed by atoms with van der Waals surface area (Å²) in [5.41, 5.74) is 2.68. The molecule has 1 saturated carbocycles. The Balaban J connectivity index is 1.56. The van der Waals surface area contributed by atoms with Crippen LogP contribution < -0.4 is 4.72 Å². The predicted molar refractivity (Wildman–Crippen MR) is 112 cm³/mol. The van der Waals surface area contributed by atoms with Gasteiger partial charge in [-0.3, -0.25) is 13.7 Å². The zero-order valence-electron chi connectivity index (χ0n) is 17.0. The Hall–Kier alpha value is -1.24. The summed E-state index contributed by atoms with van der Waals surface area (Å²) >= 11 is 0. The van der Waals surface area contributed by atoms with Crippen molar-refractivity contribution in [3.05, 3.63) is 35.4 Å². The molecule has 1 aliphatic carbocycles. The summed E-state index contributed by atoms with van der Waals surface area (Å²) in [6.45, 7) is 5.00. The van der Waals surface area contributed by atoms with Crippen LogP contribution in [0.5, 0.6) is 0 Å². The van der Waals surface area contributed by atoms with E-state index in [0.717, 1.165) is 32.2 Å². The first-order chi connectivity index (χ1) is 12.7. The van der Waals surface area contributed by atoms with Gasteiger partial charge in [-0.1, -0.05) is 39.9 Å². The van der Waals surface area contributed by atoms with Crippen molar-refractivity contribution < 1.29 is 13.7 Å². The number of aryl methyl sites for hydroxylation is 1. The molecule has 1 aromatic carbocycles. The van der Waals surface area contributed by atoms with E-state index in [9.17, 15) is 9.00 Å². The fourth-order valence-corrected chi connectivity index (χ4v) is 5.35. The molecule has 1 saturated heterocycles. The summed E-state index contributed by atoms with van der Waals surface area (Å²) in [6.07, 6.45) is 7.68. The average molecular weight is 395 g/mol. The summed E-state index contributed by atoms with van der Waals surface area (Å²) in [4.78, 5) is 14.0. The van der Waals surface area contributed by atoms with Gasteiger partial charge in [0.15, 0.2) is 0 Å². The number of nitrogens with zero attached hydrogens (tertiary/aromatic N) is 1. The van der Waals surface area contributed by atoms with Crippen LogP contribution in [0.1, 0.15) is 49.7 Å². The summed E-state index contributed by atoms with van der Waals surface area (Å²) in [5, 5.41) is 0. The molecule has 6 heteroatoms. The lowest BCUT2D eigenvalue weighted by Gasteiger charge is -2.44. The molecule has 5 nitrogen and oxygen atoms in total. The fourth-order valence-electron chi connectivity index (χ4n) is 4.25. The number of thiol groups is 1. The van der Waals surface area contributed by atoms with Crippen molar-refractivity contribution in [1.82, 2.24) is 9.62 Å². The molecule has 0 aromatic heterocycles. The lowest BCUT2D eigenvalue weighted by atomic mass is 9.77. The number of ether oxygens (including phenoxy) is 1. The Kier molecular flexibility index (Phi) is 6.39. The molecule has 0 radical (unpaired) electrons. The molecule has 152 valence electrons. The number of benzene rings is 1. The molecule has 1 N–H and O–H groups in total. The highest BCUT2D eigenvalue weighted by molar-refractivity contribution is 7.99. The van der Waals surface area contributed by atoms with Crippen molar-refractivity contribution in [3.63, 3.8) is 0 Å². The van der Waals surface area contributed by atoms with Gasteiger partial charge in [0.25, 0.3) is 0 Å². The van der Waals surface area contributed by atoms with Gasteiger partial charge in [-0.25, -0.2) is 0 Å². The highest BCUT2D eigenvalue weighted by Gasteiger charge is 2.37. The standard InChI is InChI=1S/C21H34N2O3S/c1-15-7-9-17(10-8-15)18-12-19(13-18)26-14-21-20(22-27(3,4)25)6-5-11-23(21)16(2)24/h7-10,18-21,27H,5-6,11-14H2,1-4H3,(H,22,25)/t18-,19+,20-,21-/m0/s1. The van der Waals surface area contributed by atoms with E-state index in [1.807, 2.05) is 4.90 Å². The Morgan fingerprint density at radius 2 is 1.93 bits per heavy atom. The number of likely N-dealkylation sites (tertiary alicyclic amines) is 1. The van der Waals surface area contributed by atoms with Gasteiger partial charge in [-0.05, 0) is 44.1 Å². The Bertz CT molecular complexity index is 694. The van der Waals surface area contributed by atoms with E-state index in [1.54, 1.807) is 19.4 Å². The van der Waals surface area contributed by atoms with E-state index >= 15 is 0 Å². The summed E-state index contributed by atoms with van der Waals surface area (Å²) in [7, 11) is -2.37. The van der Waals surface area contributed by atoms with Crippen LogP contribution in [0.25, 0.3) is 0 Å². The van der Waals surface area contributed by atoms with Gasteiger partial charge in [0.05, 0.1) is 18.8 Å². The minimum Gasteiger partial charge on any atom is -0.376 e. The van der Waals surface area contributed by atoms with E-state index < -0.39 is 10.1 Å². The van der Waals surface area contributed by atoms with Gasteiger partial charge < -0.3 is 9.64 Å². The van der Waals surface area contributed by atoms with Crippen molar-refractivity contribution in [2.45, 2.75) is 63.6 Å². The van der Waals surface area contributed by atoms with Crippen molar-refractivity contribution >= 4 is 16.0 Å². The van der Waals surface area contributed by atoms with Crippen LogP contribution in [0.4, 0.5) is 0 Å². The number of amides is 1. The minimum atomic E-state index is -2.37. The molecule has 0 bridgehead atoms. The molecule has 1 heterocycles. The Labute approximate surface area is 164 Å². The lowest BCUT2D eigenvalue weighted by Crippen LogP contribution is -2.59. The SMILES string of the molecule is CC(=O)N1CCC[C@H](N[SH](C)(C)=O)[C@@H]1CO[C@H]1C[C@@H](c2ccc(C)cc2)C1. The first kappa shape index (κ1) is 20.5. The van der Waals surface area contributed by atoms with Gasteiger partial charge in [-0.2, -0.15) is 0 Å². The third-order valence-corrected chi connectivity index (χ3v) is 6.76. The zero-order chi connectivity index (χ0) is 19.6.